The fourth-order valence-electron chi connectivity index (χ4n) is 7.21. The quantitative estimate of drug-likeness (QED) is 0.0196. The number of ether oxygens (including phenoxy) is 2. The van der Waals surface area contributed by atoms with Gasteiger partial charge in [0, 0.05) is 12.8 Å². The van der Waals surface area contributed by atoms with Crippen molar-refractivity contribution in [2.45, 2.75) is 210 Å². The van der Waals surface area contributed by atoms with Crippen molar-refractivity contribution in [2.24, 2.45) is 5.73 Å². The summed E-state index contributed by atoms with van der Waals surface area (Å²) in [4.78, 5) is 92.5. The molecular weight excluding hydrogens is 946 g/mol. The first-order chi connectivity index (χ1) is 30.5. The molecule has 1 rings (SSSR count). The van der Waals surface area contributed by atoms with E-state index in [0.717, 1.165) is 89.9 Å². The molecule has 1 saturated carbocycles. The fourth-order valence-corrected chi connectivity index (χ4v) is 9.87. The highest BCUT2D eigenvalue weighted by Gasteiger charge is 2.59. The molecule has 0 radical (unpaired) electrons. The van der Waals surface area contributed by atoms with Gasteiger partial charge in [-0.3, -0.25) is 32.2 Å². The second kappa shape index (κ2) is 33.7. The average Bonchev–Trinajstić information content (AvgIpc) is 3.20. The molecule has 0 aromatic heterocycles. The van der Waals surface area contributed by atoms with E-state index in [0.29, 0.717) is 19.4 Å². The number of phosphoric acid groups is 4. The molecule has 1 aliphatic carbocycles. The molecule has 386 valence electrons. The summed E-state index contributed by atoms with van der Waals surface area (Å²) in [6.07, 6.45) is 5.80. The summed E-state index contributed by atoms with van der Waals surface area (Å²) in [5.74, 6) is -1.41. The maximum atomic E-state index is 13.2. The van der Waals surface area contributed by atoms with Crippen LogP contribution in [0.25, 0.3) is 0 Å². The summed E-state index contributed by atoms with van der Waals surface area (Å²) in [7, 11) is -23.0. The van der Waals surface area contributed by atoms with E-state index in [9.17, 15) is 72.3 Å². The Hall–Kier alpha value is -0.740. The third-order valence-corrected chi connectivity index (χ3v) is 13.0. The Balaban J connectivity index is 2.94. The summed E-state index contributed by atoms with van der Waals surface area (Å²) < 4.78 is 81.9. The van der Waals surface area contributed by atoms with E-state index < -0.39 is 99.2 Å². The summed E-state index contributed by atoms with van der Waals surface area (Å²) in [5.41, 5.74) is 5.52. The smallest absolute Gasteiger partial charge is 0.462 e. The molecule has 0 aromatic rings. The number of rotatable bonds is 40. The maximum Gasteiger partial charge on any atom is 0.472 e. The zero-order chi connectivity index (χ0) is 48.9. The Bertz CT molecular complexity index is 1460. The van der Waals surface area contributed by atoms with Gasteiger partial charge in [0.2, 0.25) is 0 Å². The molecule has 0 aromatic carbocycles. The van der Waals surface area contributed by atoms with Gasteiger partial charge in [-0.2, -0.15) is 0 Å². The van der Waals surface area contributed by atoms with E-state index in [1.807, 2.05) is 0 Å². The first-order valence-electron chi connectivity index (χ1n) is 22.8. The molecule has 65 heavy (non-hydrogen) atoms. The van der Waals surface area contributed by atoms with Crippen LogP contribution in [0.1, 0.15) is 167 Å². The fraction of sp³-hybridized carbons (Fsp3) is 0.947. The van der Waals surface area contributed by atoms with Gasteiger partial charge in [-0.25, -0.2) is 18.3 Å². The van der Waals surface area contributed by atoms with Crippen LogP contribution in [0.15, 0.2) is 0 Å². The Morgan fingerprint density at radius 3 is 1.22 bits per heavy atom. The maximum absolute atomic E-state index is 13.2. The number of carbonyl (C=O) groups excluding carboxylic acids is 2. The van der Waals surface area contributed by atoms with Gasteiger partial charge in [0.25, 0.3) is 0 Å². The number of hydrogen-bond donors (Lipinski definition) is 10. The Labute approximate surface area is 382 Å². The van der Waals surface area contributed by atoms with Crippen molar-refractivity contribution in [3.05, 3.63) is 0 Å². The van der Waals surface area contributed by atoms with E-state index in [1.54, 1.807) is 0 Å². The number of nitrogens with two attached hydrogens (primary N) is 1. The van der Waals surface area contributed by atoms with Crippen LogP contribution < -0.4 is 5.73 Å². The number of aliphatic hydroxyl groups is 2. The van der Waals surface area contributed by atoms with Crippen molar-refractivity contribution in [1.82, 2.24) is 0 Å². The summed E-state index contributed by atoms with van der Waals surface area (Å²) >= 11 is 0. The first kappa shape index (κ1) is 62.3. The van der Waals surface area contributed by atoms with Gasteiger partial charge < -0.3 is 59.7 Å². The number of carbonyl (C=O) groups is 2. The van der Waals surface area contributed by atoms with Gasteiger partial charge in [0.15, 0.2) is 6.10 Å². The van der Waals surface area contributed by atoms with Gasteiger partial charge in [-0.1, -0.05) is 135 Å². The second-order valence-corrected chi connectivity index (χ2v) is 21.3. The standard InChI is InChI=1S/C38H77NO22P4/c1-2-3-4-5-6-7-8-9-10-14-17-20-23-26-32(41)57-30(28-55-31(40)25-22-19-16-13-11-12-15-18-21-24-27-39)29-56-65(53,54)61-35-33(42)36(58-62(44,45)46)38(60-64(50,51)52)37(34(35)43)59-63(47,48)49/h30,33-38,42-43H,2-29,39H2,1H3,(H,53,54)(H2,44,45,46)(H2,47,48,49)(H2,50,51,52)/t30-,33+,34?,35?,36+,37-,38?/m1/s1. The Kier molecular flexibility index (Phi) is 32.3. The molecule has 0 saturated heterocycles. The number of esters is 2. The number of hydrogen-bond acceptors (Lipinski definition) is 16. The molecule has 0 bridgehead atoms. The zero-order valence-corrected chi connectivity index (χ0v) is 41.1. The molecular formula is C38H77NO22P4. The predicted molar refractivity (Wildman–Crippen MR) is 234 cm³/mol. The average molecular weight is 1020 g/mol. The van der Waals surface area contributed by atoms with Gasteiger partial charge >= 0.3 is 43.2 Å². The van der Waals surface area contributed by atoms with Crippen LogP contribution in [0.4, 0.5) is 0 Å². The monoisotopic (exact) mass is 1020 g/mol. The summed E-state index contributed by atoms with van der Waals surface area (Å²) in [6.45, 7) is 1.23. The van der Waals surface area contributed by atoms with Gasteiger partial charge in [-0.15, -0.1) is 0 Å². The highest BCUT2D eigenvalue weighted by Crippen LogP contribution is 2.53. The lowest BCUT2D eigenvalue weighted by Gasteiger charge is -2.45. The van der Waals surface area contributed by atoms with Crippen LogP contribution in [0.3, 0.4) is 0 Å². The van der Waals surface area contributed by atoms with Crippen molar-refractivity contribution in [3.8, 4) is 0 Å². The lowest BCUT2D eigenvalue weighted by atomic mass is 9.85. The molecule has 1 aliphatic rings. The van der Waals surface area contributed by atoms with Gasteiger partial charge in [0.05, 0.1) is 6.61 Å². The minimum atomic E-state index is -5.78. The summed E-state index contributed by atoms with van der Waals surface area (Å²) in [5, 5.41) is 21.8. The Morgan fingerprint density at radius 2 is 0.831 bits per heavy atom. The van der Waals surface area contributed by atoms with Crippen molar-refractivity contribution in [2.75, 3.05) is 19.8 Å². The SMILES string of the molecule is CCCCCCCCCCCCCCCC(=O)O[C@H](COC(=O)CCCCCCCCCCCCN)COP(=O)(O)OC1C(O)[C@@H](OP(=O)(O)O)C(OP(=O)(O)O)[C@@H](OP(=O)(O)O)[C@H]1O. The zero-order valence-electron chi connectivity index (χ0n) is 37.5. The number of phosphoric ester groups is 4. The van der Waals surface area contributed by atoms with Crippen LogP contribution in [0.2, 0.25) is 0 Å². The third kappa shape index (κ3) is 31.9. The van der Waals surface area contributed by atoms with Crippen molar-refractivity contribution in [3.63, 3.8) is 0 Å². The lowest BCUT2D eigenvalue weighted by molar-refractivity contribution is -0.209. The molecule has 0 amide bonds. The van der Waals surface area contributed by atoms with Crippen LogP contribution in [0.5, 0.6) is 0 Å². The molecule has 0 heterocycles. The highest BCUT2D eigenvalue weighted by atomic mass is 31.2. The molecule has 23 nitrogen and oxygen atoms in total. The van der Waals surface area contributed by atoms with E-state index in [1.165, 1.54) is 44.9 Å². The molecule has 4 unspecified atom stereocenters. The lowest BCUT2D eigenvalue weighted by Crippen LogP contribution is -2.65. The van der Waals surface area contributed by atoms with Crippen LogP contribution >= 0.6 is 31.3 Å². The number of unbranched alkanes of at least 4 members (excludes halogenated alkanes) is 21. The molecule has 0 spiro atoms. The number of aliphatic hydroxyl groups excluding tert-OH is 2. The van der Waals surface area contributed by atoms with Crippen LogP contribution in [0, 0.1) is 0 Å². The minimum Gasteiger partial charge on any atom is -0.462 e. The van der Waals surface area contributed by atoms with Crippen molar-refractivity contribution >= 4 is 43.2 Å². The van der Waals surface area contributed by atoms with Crippen molar-refractivity contribution < 1.29 is 104 Å². The van der Waals surface area contributed by atoms with Crippen LogP contribution in [-0.4, -0.2) is 119 Å². The second-order valence-electron chi connectivity index (χ2n) is 16.4. The topological polar surface area (TPSA) is 375 Å². The normalized spacial score (nSPS) is 22.1. The van der Waals surface area contributed by atoms with E-state index in [2.05, 4.69) is 20.5 Å². The minimum absolute atomic E-state index is 0.0288. The van der Waals surface area contributed by atoms with E-state index >= 15 is 0 Å². The highest BCUT2D eigenvalue weighted by molar-refractivity contribution is 7.47. The predicted octanol–water partition coefficient (Wildman–Crippen LogP) is 5.84. The molecule has 8 atom stereocenters. The van der Waals surface area contributed by atoms with Gasteiger partial charge in [0.1, 0.15) is 43.2 Å². The molecule has 27 heteroatoms. The first-order valence-corrected chi connectivity index (χ1v) is 28.9. The van der Waals surface area contributed by atoms with Crippen molar-refractivity contribution in [1.29, 1.82) is 0 Å². The Morgan fingerprint density at radius 1 is 0.477 bits per heavy atom. The molecule has 0 aliphatic heterocycles. The summed E-state index contributed by atoms with van der Waals surface area (Å²) in [6, 6.07) is 0. The van der Waals surface area contributed by atoms with E-state index in [-0.39, 0.29) is 12.8 Å². The van der Waals surface area contributed by atoms with Gasteiger partial charge in [-0.05, 0) is 25.8 Å². The molecule has 1 fully saturated rings. The third-order valence-electron chi connectivity index (χ3n) is 10.5. The van der Waals surface area contributed by atoms with E-state index in [4.69, 9.17) is 24.3 Å². The van der Waals surface area contributed by atoms with Crippen LogP contribution in [-0.2, 0) is 59.9 Å². The molecule has 11 N–H and O–H groups in total. The largest absolute Gasteiger partial charge is 0.472 e.